The zero-order chi connectivity index (χ0) is 10.8. The van der Waals surface area contributed by atoms with E-state index in [1.54, 1.807) is 11.0 Å². The van der Waals surface area contributed by atoms with Gasteiger partial charge in [0, 0.05) is 18.5 Å². The molecule has 0 N–H and O–H groups in total. The minimum absolute atomic E-state index is 0.0216. The molecule has 1 aromatic heterocycles. The number of alkyl halides is 1. The molecule has 2 rings (SSSR count). The second-order valence-electron chi connectivity index (χ2n) is 3.88. The number of aryl methyl sites for hydroxylation is 1. The summed E-state index contributed by atoms with van der Waals surface area (Å²) in [5.41, 5.74) is 0. The number of amides is 1. The predicted octanol–water partition coefficient (Wildman–Crippen LogP) is 2.43. The first-order chi connectivity index (χ1) is 7.16. The number of nitrogens with zero attached hydrogens (tertiary/aromatic N) is 1. The molecule has 0 radical (unpaired) electrons. The van der Waals surface area contributed by atoms with Crippen molar-refractivity contribution >= 4 is 17.5 Å². The molecule has 0 aliphatic carbocycles. The fourth-order valence-electron chi connectivity index (χ4n) is 1.76. The van der Waals surface area contributed by atoms with Gasteiger partial charge in [-0.05, 0) is 31.9 Å². The smallest absolute Gasteiger partial charge is 0.289 e. The number of hydrogen-bond acceptors (Lipinski definition) is 2. The zero-order valence-electron chi connectivity index (χ0n) is 8.70. The molecule has 1 fully saturated rings. The number of rotatable bonds is 1. The van der Waals surface area contributed by atoms with Gasteiger partial charge in [-0.1, -0.05) is 0 Å². The van der Waals surface area contributed by atoms with Crippen LogP contribution in [-0.2, 0) is 0 Å². The molecule has 1 aliphatic rings. The van der Waals surface area contributed by atoms with Gasteiger partial charge >= 0.3 is 0 Å². The van der Waals surface area contributed by atoms with Crippen LogP contribution in [0.1, 0.15) is 29.2 Å². The van der Waals surface area contributed by atoms with Gasteiger partial charge in [0.15, 0.2) is 5.76 Å². The SMILES string of the molecule is Cc1ccc(C(=O)N2CCC(Cl)CC2)o1. The first-order valence-electron chi connectivity index (χ1n) is 5.16. The van der Waals surface area contributed by atoms with Crippen LogP contribution in [0.3, 0.4) is 0 Å². The highest BCUT2D eigenvalue weighted by molar-refractivity contribution is 6.20. The summed E-state index contributed by atoms with van der Waals surface area (Å²) in [5.74, 6) is 1.18. The molecule has 15 heavy (non-hydrogen) atoms. The number of carbonyl (C=O) groups is 1. The summed E-state index contributed by atoms with van der Waals surface area (Å²) < 4.78 is 5.30. The predicted molar refractivity (Wildman–Crippen MR) is 58.2 cm³/mol. The number of piperidine rings is 1. The fraction of sp³-hybridized carbons (Fsp3) is 0.545. The maximum absolute atomic E-state index is 11.9. The molecule has 1 saturated heterocycles. The number of hydrogen-bond donors (Lipinski definition) is 0. The van der Waals surface area contributed by atoms with Crippen LogP contribution >= 0.6 is 11.6 Å². The van der Waals surface area contributed by atoms with E-state index in [0.29, 0.717) is 5.76 Å². The van der Waals surface area contributed by atoms with Crippen LogP contribution < -0.4 is 0 Å². The van der Waals surface area contributed by atoms with E-state index in [-0.39, 0.29) is 11.3 Å². The Morgan fingerprint density at radius 2 is 2.13 bits per heavy atom. The normalized spacial score (nSPS) is 18.1. The average Bonchev–Trinajstić information content (AvgIpc) is 2.65. The molecule has 3 nitrogen and oxygen atoms in total. The van der Waals surface area contributed by atoms with Gasteiger partial charge in [0.25, 0.3) is 5.91 Å². The third kappa shape index (κ3) is 2.34. The lowest BCUT2D eigenvalue weighted by atomic mass is 10.1. The van der Waals surface area contributed by atoms with Gasteiger partial charge in [-0.25, -0.2) is 0 Å². The number of furan rings is 1. The van der Waals surface area contributed by atoms with Crippen molar-refractivity contribution in [2.45, 2.75) is 25.1 Å². The standard InChI is InChI=1S/C11H14ClNO2/c1-8-2-3-10(15-8)11(14)13-6-4-9(12)5-7-13/h2-3,9H,4-7H2,1H3. The molecule has 82 valence electrons. The number of likely N-dealkylation sites (tertiary alicyclic amines) is 1. The van der Waals surface area contributed by atoms with E-state index in [1.165, 1.54) is 0 Å². The van der Waals surface area contributed by atoms with E-state index in [1.807, 2.05) is 13.0 Å². The molecular weight excluding hydrogens is 214 g/mol. The van der Waals surface area contributed by atoms with Crippen molar-refractivity contribution in [1.82, 2.24) is 4.90 Å². The maximum atomic E-state index is 11.9. The Balaban J connectivity index is 2.02. The van der Waals surface area contributed by atoms with Crippen LogP contribution in [0, 0.1) is 6.92 Å². The number of halogens is 1. The van der Waals surface area contributed by atoms with E-state index in [4.69, 9.17) is 16.0 Å². The summed E-state index contributed by atoms with van der Waals surface area (Å²) in [6.07, 6.45) is 1.74. The Labute approximate surface area is 94.0 Å². The van der Waals surface area contributed by atoms with E-state index in [0.717, 1.165) is 31.7 Å². The molecule has 0 unspecified atom stereocenters. The minimum Gasteiger partial charge on any atom is -0.456 e. The van der Waals surface area contributed by atoms with Gasteiger partial charge in [-0.15, -0.1) is 11.6 Å². The van der Waals surface area contributed by atoms with Crippen LogP contribution in [0.25, 0.3) is 0 Å². The van der Waals surface area contributed by atoms with E-state index in [9.17, 15) is 4.79 Å². The van der Waals surface area contributed by atoms with Gasteiger partial charge in [0.2, 0.25) is 0 Å². The van der Waals surface area contributed by atoms with Gasteiger partial charge in [0.05, 0.1) is 0 Å². The van der Waals surface area contributed by atoms with E-state index in [2.05, 4.69) is 0 Å². The summed E-state index contributed by atoms with van der Waals surface area (Å²) in [6.45, 7) is 3.29. The summed E-state index contributed by atoms with van der Waals surface area (Å²) in [6, 6.07) is 3.53. The largest absolute Gasteiger partial charge is 0.456 e. The van der Waals surface area contributed by atoms with E-state index >= 15 is 0 Å². The zero-order valence-corrected chi connectivity index (χ0v) is 9.46. The average molecular weight is 228 g/mol. The van der Waals surface area contributed by atoms with Crippen LogP contribution in [0.2, 0.25) is 0 Å². The quantitative estimate of drug-likeness (QED) is 0.691. The van der Waals surface area contributed by atoms with Crippen molar-refractivity contribution in [3.63, 3.8) is 0 Å². The molecular formula is C11H14ClNO2. The molecule has 1 aliphatic heterocycles. The minimum atomic E-state index is -0.0216. The lowest BCUT2D eigenvalue weighted by Crippen LogP contribution is -2.38. The van der Waals surface area contributed by atoms with Crippen LogP contribution in [0.4, 0.5) is 0 Å². The Morgan fingerprint density at radius 1 is 1.47 bits per heavy atom. The summed E-state index contributed by atoms with van der Waals surface area (Å²) in [4.78, 5) is 13.7. The molecule has 0 aromatic carbocycles. The Hall–Kier alpha value is -0.960. The van der Waals surface area contributed by atoms with Crippen molar-refractivity contribution in [3.8, 4) is 0 Å². The lowest BCUT2D eigenvalue weighted by molar-refractivity contribution is 0.0693. The van der Waals surface area contributed by atoms with Gasteiger partial charge in [-0.3, -0.25) is 4.79 Å². The van der Waals surface area contributed by atoms with Crippen molar-refractivity contribution in [2.24, 2.45) is 0 Å². The molecule has 1 aromatic rings. The first kappa shape index (κ1) is 10.6. The lowest BCUT2D eigenvalue weighted by Gasteiger charge is -2.28. The molecule has 4 heteroatoms. The molecule has 1 amide bonds. The topological polar surface area (TPSA) is 33.5 Å². The van der Waals surface area contributed by atoms with Crippen molar-refractivity contribution in [3.05, 3.63) is 23.7 Å². The second-order valence-corrected chi connectivity index (χ2v) is 4.49. The Morgan fingerprint density at radius 3 is 2.67 bits per heavy atom. The van der Waals surface area contributed by atoms with Gasteiger partial charge < -0.3 is 9.32 Å². The second kappa shape index (κ2) is 4.27. The summed E-state index contributed by atoms with van der Waals surface area (Å²) in [5, 5.41) is 0.215. The highest BCUT2D eigenvalue weighted by Gasteiger charge is 2.23. The van der Waals surface area contributed by atoms with Crippen LogP contribution in [0.15, 0.2) is 16.5 Å². The maximum Gasteiger partial charge on any atom is 0.289 e. The summed E-state index contributed by atoms with van der Waals surface area (Å²) in [7, 11) is 0. The van der Waals surface area contributed by atoms with E-state index < -0.39 is 0 Å². The third-order valence-electron chi connectivity index (χ3n) is 2.66. The van der Waals surface area contributed by atoms with Gasteiger partial charge in [-0.2, -0.15) is 0 Å². The molecule has 0 spiro atoms. The van der Waals surface area contributed by atoms with Crippen LogP contribution in [0.5, 0.6) is 0 Å². The van der Waals surface area contributed by atoms with Crippen LogP contribution in [-0.4, -0.2) is 29.3 Å². The Kier molecular flexibility index (Phi) is 3.00. The number of carbonyl (C=O) groups excluding carboxylic acids is 1. The monoisotopic (exact) mass is 227 g/mol. The van der Waals surface area contributed by atoms with Crippen molar-refractivity contribution < 1.29 is 9.21 Å². The summed E-state index contributed by atoms with van der Waals surface area (Å²) >= 11 is 5.98. The third-order valence-corrected chi connectivity index (χ3v) is 3.10. The van der Waals surface area contributed by atoms with Crippen molar-refractivity contribution in [1.29, 1.82) is 0 Å². The fourth-order valence-corrected chi connectivity index (χ4v) is 1.95. The molecule has 0 atom stereocenters. The van der Waals surface area contributed by atoms with Gasteiger partial charge in [0.1, 0.15) is 5.76 Å². The first-order valence-corrected chi connectivity index (χ1v) is 5.60. The Bertz CT molecular complexity index is 353. The highest BCUT2D eigenvalue weighted by Crippen LogP contribution is 2.18. The highest BCUT2D eigenvalue weighted by atomic mass is 35.5. The molecule has 0 saturated carbocycles. The molecule has 0 bridgehead atoms. The van der Waals surface area contributed by atoms with Crippen molar-refractivity contribution in [2.75, 3.05) is 13.1 Å². The molecule has 2 heterocycles.